The van der Waals surface area contributed by atoms with Gasteiger partial charge in [0.2, 0.25) is 11.6 Å². The average molecular weight is 654 g/mol. The van der Waals surface area contributed by atoms with Crippen molar-refractivity contribution in [2.75, 3.05) is 36.1 Å². The Kier molecular flexibility index (Phi) is 9.03. The predicted octanol–water partition coefficient (Wildman–Crippen LogP) is -2.97. The quantitative estimate of drug-likeness (QED) is 0.0325. The number of hydrogen-bond donors (Lipinski definition) is 3. The van der Waals surface area contributed by atoms with Gasteiger partial charge >= 0.3 is 166 Å². The van der Waals surface area contributed by atoms with Gasteiger partial charge in [0.1, 0.15) is 0 Å². The number of amides is 2. The Morgan fingerprint density at radius 3 is 2.90 bits per heavy atom. The first kappa shape index (κ1) is 29.1. The van der Waals surface area contributed by atoms with Crippen molar-refractivity contribution < 1.29 is 28.9 Å². The van der Waals surface area contributed by atoms with E-state index in [1.807, 2.05) is 0 Å². The number of β-lactam (4-membered cyclic amide) rings is 1. The molecule has 2 aromatic heterocycles. The summed E-state index contributed by atoms with van der Waals surface area (Å²) in [5.41, 5.74) is 10.4. The molecule has 2 aromatic rings. The van der Waals surface area contributed by atoms with Gasteiger partial charge in [-0.1, -0.05) is 29.4 Å². The van der Waals surface area contributed by atoms with Crippen molar-refractivity contribution in [3.8, 4) is 0 Å². The van der Waals surface area contributed by atoms with Crippen LogP contribution in [0.1, 0.15) is 12.7 Å². The summed E-state index contributed by atoms with van der Waals surface area (Å²) in [5, 5.41) is 18.8. The number of carboxylic acids is 1. The molecule has 2 saturated heterocycles. The van der Waals surface area contributed by atoms with Crippen LogP contribution in [0.5, 0.6) is 0 Å². The summed E-state index contributed by atoms with van der Waals surface area (Å²) < 4.78 is 6.33. The number of anilines is 2. The van der Waals surface area contributed by atoms with Gasteiger partial charge in [0, 0.05) is 0 Å². The Balaban J connectivity index is 1.46. The maximum absolute atomic E-state index is 13.0. The van der Waals surface area contributed by atoms with E-state index < -0.39 is 34.6 Å². The van der Waals surface area contributed by atoms with Crippen molar-refractivity contribution in [2.45, 2.75) is 30.0 Å². The third-order valence-corrected chi connectivity index (χ3v) is 9.94. The fraction of sp³-hybridized carbons (Fsp3) is 0.429. The molecule has 2 unspecified atom stereocenters. The van der Waals surface area contributed by atoms with Gasteiger partial charge in [0.15, 0.2) is 0 Å². The number of carbonyl (C=O) groups excluding carboxylic acids is 3. The first-order chi connectivity index (χ1) is 18.6. The zero-order valence-corrected chi connectivity index (χ0v) is 24.9. The fourth-order valence-electron chi connectivity index (χ4n) is 3.90. The van der Waals surface area contributed by atoms with Crippen LogP contribution in [0.3, 0.4) is 0 Å². The molecule has 4 rings (SSSR count). The van der Waals surface area contributed by atoms with E-state index in [1.165, 1.54) is 22.7 Å². The number of nitrogens with one attached hydrogen (secondary N) is 1. The van der Waals surface area contributed by atoms with Gasteiger partial charge in [-0.3, -0.25) is 0 Å². The van der Waals surface area contributed by atoms with Crippen LogP contribution in [-0.4, -0.2) is 95.7 Å². The summed E-state index contributed by atoms with van der Waals surface area (Å²) in [5.74, 6) is -1.54. The molecule has 0 bridgehead atoms. The number of allylic oxidation sites excluding steroid dienone is 1. The van der Waals surface area contributed by atoms with Crippen LogP contribution < -0.4 is 30.3 Å². The SMILES string of the molecule is C=CC[n+]1c(N)cc(N)nc1SCC1(C(=O)[O-])CS[C@@H]2C(NC(=O)C(=NOCC)c3nsc([As])n3)C(=O)N2C1. The van der Waals surface area contributed by atoms with E-state index in [1.54, 1.807) is 17.6 Å². The summed E-state index contributed by atoms with van der Waals surface area (Å²) >= 11 is 5.71. The van der Waals surface area contributed by atoms with Crippen LogP contribution in [0.4, 0.5) is 11.6 Å². The van der Waals surface area contributed by atoms with E-state index in [0.717, 1.165) is 23.3 Å². The number of oxime groups is 1. The molecule has 0 aromatic carbocycles. The molecule has 2 radical (unpaired) electrons. The molecule has 14 nitrogen and oxygen atoms in total. The summed E-state index contributed by atoms with van der Waals surface area (Å²) in [6.07, 6.45) is 1.64. The first-order valence-electron chi connectivity index (χ1n) is 11.5. The number of rotatable bonds is 11. The second kappa shape index (κ2) is 12.1. The Morgan fingerprint density at radius 1 is 1.49 bits per heavy atom. The second-order valence-corrected chi connectivity index (χ2v) is 12.9. The van der Waals surface area contributed by atoms with Gasteiger partial charge in [-0.2, -0.15) is 0 Å². The Labute approximate surface area is 244 Å². The molecule has 2 aliphatic rings. The van der Waals surface area contributed by atoms with E-state index in [-0.39, 0.29) is 42.0 Å². The summed E-state index contributed by atoms with van der Waals surface area (Å²) in [6, 6.07) is 0.633. The Morgan fingerprint density at radius 2 is 2.26 bits per heavy atom. The molecular formula is C21H24AsN9O5S3. The van der Waals surface area contributed by atoms with Crippen LogP contribution in [0.25, 0.3) is 0 Å². The van der Waals surface area contributed by atoms with Gasteiger partial charge in [-0.15, -0.1) is 0 Å². The average Bonchev–Trinajstić information content (AvgIpc) is 3.33. The Hall–Kier alpha value is -2.88. The molecular weight excluding hydrogens is 629 g/mol. The molecule has 5 N–H and O–H groups in total. The van der Waals surface area contributed by atoms with Gasteiger partial charge in [0.25, 0.3) is 0 Å². The number of thioether (sulfide) groups is 2. The van der Waals surface area contributed by atoms with Crippen molar-refractivity contribution in [1.29, 1.82) is 0 Å². The van der Waals surface area contributed by atoms with E-state index in [0.29, 0.717) is 21.3 Å². The van der Waals surface area contributed by atoms with Gasteiger partial charge in [-0.25, -0.2) is 4.57 Å². The molecule has 0 aliphatic carbocycles. The zero-order valence-electron chi connectivity index (χ0n) is 20.6. The number of carboxylic acid groups (broad SMARTS) is 1. The molecule has 206 valence electrons. The topological polar surface area (TPSA) is 206 Å². The molecule has 0 spiro atoms. The predicted molar refractivity (Wildman–Crippen MR) is 145 cm³/mol. The van der Waals surface area contributed by atoms with Crippen molar-refractivity contribution in [1.82, 2.24) is 24.6 Å². The van der Waals surface area contributed by atoms with Gasteiger partial charge < -0.3 is 21.4 Å². The minimum atomic E-state index is -1.37. The molecule has 3 atom stereocenters. The molecule has 2 amide bonds. The Bertz CT molecular complexity index is 1340. The van der Waals surface area contributed by atoms with Crippen LogP contribution in [-0.2, 0) is 25.8 Å². The molecule has 39 heavy (non-hydrogen) atoms. The maximum atomic E-state index is 13.0. The molecule has 18 heteroatoms. The summed E-state index contributed by atoms with van der Waals surface area (Å²) in [6.45, 7) is 5.91. The van der Waals surface area contributed by atoms with E-state index in [2.05, 4.69) is 48.2 Å². The monoisotopic (exact) mass is 653 g/mol. The number of fused-ring (bicyclic) bond motifs is 1. The molecule has 2 fully saturated rings. The van der Waals surface area contributed by atoms with E-state index in [9.17, 15) is 19.5 Å². The number of nitrogens with zero attached hydrogens (tertiary/aromatic N) is 6. The van der Waals surface area contributed by atoms with Crippen LogP contribution in [0, 0.1) is 5.41 Å². The molecule has 2 aliphatic heterocycles. The van der Waals surface area contributed by atoms with Gasteiger partial charge in [-0.05, 0) is 0 Å². The van der Waals surface area contributed by atoms with Crippen LogP contribution in [0.15, 0.2) is 29.0 Å². The van der Waals surface area contributed by atoms with Gasteiger partial charge in [0.05, 0.1) is 12.6 Å². The summed E-state index contributed by atoms with van der Waals surface area (Å²) in [7, 11) is 0. The number of hydrogen-bond acceptors (Lipinski definition) is 14. The molecule has 4 heterocycles. The van der Waals surface area contributed by atoms with Crippen molar-refractivity contribution in [2.24, 2.45) is 10.6 Å². The minimum absolute atomic E-state index is 0.0570. The number of aliphatic carboxylic acids is 1. The fourth-order valence-corrected chi connectivity index (χ4v) is 7.67. The summed E-state index contributed by atoms with van der Waals surface area (Å²) in [4.78, 5) is 53.3. The number of aromatic nitrogens is 4. The second-order valence-electron chi connectivity index (χ2n) is 8.52. The molecule has 0 saturated carbocycles. The first-order valence-corrected chi connectivity index (χ1v) is 15.2. The van der Waals surface area contributed by atoms with Crippen molar-refractivity contribution in [3.63, 3.8) is 0 Å². The number of nitrogen functional groups attached to an aromatic ring is 2. The third kappa shape index (κ3) is 6.00. The van der Waals surface area contributed by atoms with Crippen molar-refractivity contribution in [3.05, 3.63) is 24.5 Å². The van der Waals surface area contributed by atoms with E-state index >= 15 is 0 Å². The van der Waals surface area contributed by atoms with Crippen LogP contribution in [0.2, 0.25) is 0 Å². The van der Waals surface area contributed by atoms with Crippen molar-refractivity contribution >= 4 is 90.8 Å². The standard InChI is InChI=1S/C21H24AsN9O5S3/c1-3-5-30-11(24)6-10(23)25-20(30)38-9-21(18(34)35)7-31-16(33)13(17(31)37-8-21)26-15(32)12(28-36-4-2)14-27-19(22)39-29-14/h3,6,13,17H,1,4-5,7-9H2,2H3,(H5,23,24,26,32,34,35)/t13?,17-,21?/m1/s1. The third-order valence-electron chi connectivity index (χ3n) is 5.84. The number of carbonyl (C=O) groups is 3. The zero-order chi connectivity index (χ0) is 28.3. The number of nitrogens with two attached hydrogens (primary N) is 2. The van der Waals surface area contributed by atoms with Crippen LogP contribution >= 0.6 is 35.1 Å². The van der Waals surface area contributed by atoms with E-state index in [4.69, 9.17) is 16.3 Å². The normalized spacial score (nSPS) is 22.6.